The van der Waals surface area contributed by atoms with Crippen molar-refractivity contribution in [3.8, 4) is 5.75 Å². The van der Waals surface area contributed by atoms with Gasteiger partial charge in [0.25, 0.3) is 0 Å². The summed E-state index contributed by atoms with van der Waals surface area (Å²) in [7, 11) is 1.75. The van der Waals surface area contributed by atoms with Crippen molar-refractivity contribution in [2.24, 2.45) is 5.92 Å². The maximum absolute atomic E-state index is 5.57. The Bertz CT molecular complexity index is 423. The summed E-state index contributed by atoms with van der Waals surface area (Å²) in [5, 5.41) is 6.98. The van der Waals surface area contributed by atoms with Gasteiger partial charge in [0, 0.05) is 6.54 Å². The van der Waals surface area contributed by atoms with Crippen molar-refractivity contribution in [3.05, 3.63) is 22.8 Å². The third-order valence-electron chi connectivity index (χ3n) is 3.92. The van der Waals surface area contributed by atoms with Gasteiger partial charge in [0.05, 0.1) is 12.8 Å². The summed E-state index contributed by atoms with van der Waals surface area (Å²) < 4.78 is 5.57. The first-order valence-electron chi connectivity index (χ1n) is 6.73. The first kappa shape index (κ1) is 13.2. The zero-order valence-electron chi connectivity index (χ0n) is 11.9. The Balaban J connectivity index is 2.17. The van der Waals surface area contributed by atoms with Crippen LogP contribution in [0.3, 0.4) is 0 Å². The van der Waals surface area contributed by atoms with Crippen LogP contribution < -0.4 is 15.4 Å². The Morgan fingerprint density at radius 3 is 2.72 bits per heavy atom. The maximum atomic E-state index is 5.57. The van der Waals surface area contributed by atoms with E-state index in [0.29, 0.717) is 0 Å². The highest BCUT2D eigenvalue weighted by Gasteiger charge is 2.17. The number of methoxy groups -OCH3 is 1. The molecular weight excluding hydrogens is 224 g/mol. The summed E-state index contributed by atoms with van der Waals surface area (Å²) in [6.07, 6.45) is 1.26. The largest absolute Gasteiger partial charge is 0.494 e. The molecule has 100 valence electrons. The molecule has 0 bridgehead atoms. The lowest BCUT2D eigenvalue weighted by Gasteiger charge is -2.19. The minimum absolute atomic E-state index is 0.732. The van der Waals surface area contributed by atoms with Gasteiger partial charge in [0.15, 0.2) is 0 Å². The highest BCUT2D eigenvalue weighted by atomic mass is 16.5. The fourth-order valence-corrected chi connectivity index (χ4v) is 2.66. The Kier molecular flexibility index (Phi) is 4.12. The van der Waals surface area contributed by atoms with Crippen LogP contribution >= 0.6 is 0 Å². The highest BCUT2D eigenvalue weighted by Crippen LogP contribution is 2.34. The van der Waals surface area contributed by atoms with Gasteiger partial charge >= 0.3 is 0 Å². The van der Waals surface area contributed by atoms with Crippen molar-refractivity contribution >= 4 is 5.69 Å². The van der Waals surface area contributed by atoms with Crippen LogP contribution in [0.1, 0.15) is 23.1 Å². The van der Waals surface area contributed by atoms with Crippen molar-refractivity contribution in [3.63, 3.8) is 0 Å². The van der Waals surface area contributed by atoms with E-state index in [9.17, 15) is 0 Å². The van der Waals surface area contributed by atoms with E-state index >= 15 is 0 Å². The van der Waals surface area contributed by atoms with Gasteiger partial charge < -0.3 is 15.4 Å². The summed E-state index contributed by atoms with van der Waals surface area (Å²) in [6, 6.07) is 2.23. The topological polar surface area (TPSA) is 33.3 Å². The van der Waals surface area contributed by atoms with Gasteiger partial charge in [-0.25, -0.2) is 0 Å². The Hall–Kier alpha value is -1.22. The SMILES string of the molecule is COc1c(C)c(C)cc(C)c1NCC1CCNC1. The number of nitrogens with one attached hydrogen (secondary N) is 2. The average Bonchev–Trinajstić information content (AvgIpc) is 2.85. The van der Waals surface area contributed by atoms with Gasteiger partial charge in [-0.2, -0.15) is 0 Å². The van der Waals surface area contributed by atoms with E-state index in [1.165, 1.54) is 23.1 Å². The molecule has 1 aromatic carbocycles. The summed E-state index contributed by atoms with van der Waals surface area (Å²) in [6.45, 7) is 9.69. The molecule has 1 aliphatic heterocycles. The second kappa shape index (κ2) is 5.61. The monoisotopic (exact) mass is 248 g/mol. The van der Waals surface area contributed by atoms with E-state index in [2.05, 4.69) is 37.5 Å². The highest BCUT2D eigenvalue weighted by molar-refractivity contribution is 5.66. The predicted octanol–water partition coefficient (Wildman–Crippen LogP) is 2.64. The minimum atomic E-state index is 0.732. The van der Waals surface area contributed by atoms with Gasteiger partial charge in [-0.3, -0.25) is 0 Å². The molecule has 1 fully saturated rings. The summed E-state index contributed by atoms with van der Waals surface area (Å²) in [5.41, 5.74) is 4.95. The third-order valence-corrected chi connectivity index (χ3v) is 3.92. The molecule has 3 nitrogen and oxygen atoms in total. The Morgan fingerprint density at radius 2 is 2.11 bits per heavy atom. The van der Waals surface area contributed by atoms with Crippen molar-refractivity contribution in [1.29, 1.82) is 0 Å². The zero-order valence-corrected chi connectivity index (χ0v) is 11.9. The molecule has 0 amide bonds. The van der Waals surface area contributed by atoms with Gasteiger partial charge in [-0.1, -0.05) is 6.07 Å². The van der Waals surface area contributed by atoms with Crippen LogP contribution in [0.2, 0.25) is 0 Å². The van der Waals surface area contributed by atoms with Gasteiger partial charge in [0.1, 0.15) is 5.75 Å². The van der Waals surface area contributed by atoms with Crippen molar-refractivity contribution in [2.45, 2.75) is 27.2 Å². The second-order valence-electron chi connectivity index (χ2n) is 5.28. The first-order chi connectivity index (χ1) is 8.63. The molecule has 1 aliphatic rings. The van der Waals surface area contributed by atoms with Crippen molar-refractivity contribution in [1.82, 2.24) is 5.32 Å². The summed E-state index contributed by atoms with van der Waals surface area (Å²) >= 11 is 0. The lowest BCUT2D eigenvalue weighted by atomic mass is 10.0. The lowest BCUT2D eigenvalue weighted by Crippen LogP contribution is -2.18. The first-order valence-corrected chi connectivity index (χ1v) is 6.73. The number of rotatable bonds is 4. The quantitative estimate of drug-likeness (QED) is 0.859. The molecule has 0 saturated carbocycles. The molecular formula is C15H24N2O. The molecule has 1 atom stereocenters. The van der Waals surface area contributed by atoms with E-state index in [1.807, 2.05) is 0 Å². The number of hydrogen-bond donors (Lipinski definition) is 2. The molecule has 0 aromatic heterocycles. The number of anilines is 1. The molecule has 1 heterocycles. The van der Waals surface area contributed by atoms with Gasteiger partial charge in [-0.05, 0) is 62.9 Å². The van der Waals surface area contributed by atoms with Gasteiger partial charge in [-0.15, -0.1) is 0 Å². The minimum Gasteiger partial charge on any atom is -0.494 e. The molecule has 0 spiro atoms. The van der Waals surface area contributed by atoms with E-state index in [-0.39, 0.29) is 0 Å². The van der Waals surface area contributed by atoms with E-state index < -0.39 is 0 Å². The average molecular weight is 248 g/mol. The molecule has 18 heavy (non-hydrogen) atoms. The molecule has 1 unspecified atom stereocenters. The molecule has 1 aromatic rings. The predicted molar refractivity (Wildman–Crippen MR) is 76.7 cm³/mol. The molecule has 1 saturated heterocycles. The van der Waals surface area contributed by atoms with Crippen LogP contribution in [0.25, 0.3) is 0 Å². The Morgan fingerprint density at radius 1 is 1.33 bits per heavy atom. The zero-order chi connectivity index (χ0) is 13.1. The standard InChI is InChI=1S/C15H24N2O/c1-10-7-11(2)14(15(18-4)12(10)3)17-9-13-5-6-16-8-13/h7,13,16-17H,5-6,8-9H2,1-4H3. The fraction of sp³-hybridized carbons (Fsp3) is 0.600. The number of ether oxygens (including phenoxy) is 1. The van der Waals surface area contributed by atoms with E-state index in [1.54, 1.807) is 7.11 Å². The molecule has 3 heteroatoms. The van der Waals surface area contributed by atoms with Crippen LogP contribution in [-0.4, -0.2) is 26.7 Å². The fourth-order valence-electron chi connectivity index (χ4n) is 2.66. The van der Waals surface area contributed by atoms with Crippen molar-refractivity contribution in [2.75, 3.05) is 32.1 Å². The van der Waals surface area contributed by atoms with Crippen LogP contribution in [0.15, 0.2) is 6.07 Å². The molecule has 0 aliphatic carbocycles. The summed E-state index contributed by atoms with van der Waals surface area (Å²) in [4.78, 5) is 0. The molecule has 0 radical (unpaired) electrons. The van der Waals surface area contributed by atoms with Crippen LogP contribution in [0.5, 0.6) is 5.75 Å². The molecule has 2 rings (SSSR count). The van der Waals surface area contributed by atoms with Crippen LogP contribution in [0.4, 0.5) is 5.69 Å². The summed E-state index contributed by atoms with van der Waals surface area (Å²) in [5.74, 6) is 1.73. The van der Waals surface area contributed by atoms with E-state index in [4.69, 9.17) is 4.74 Å². The van der Waals surface area contributed by atoms with Crippen LogP contribution in [0, 0.1) is 26.7 Å². The van der Waals surface area contributed by atoms with E-state index in [0.717, 1.165) is 37.0 Å². The second-order valence-corrected chi connectivity index (χ2v) is 5.28. The smallest absolute Gasteiger partial charge is 0.145 e. The maximum Gasteiger partial charge on any atom is 0.145 e. The lowest BCUT2D eigenvalue weighted by molar-refractivity contribution is 0.412. The third kappa shape index (κ3) is 2.61. The number of hydrogen-bond acceptors (Lipinski definition) is 3. The van der Waals surface area contributed by atoms with Crippen LogP contribution in [-0.2, 0) is 0 Å². The normalized spacial score (nSPS) is 19.0. The number of aryl methyl sites for hydroxylation is 2. The Labute approximate surface area is 110 Å². The molecule has 2 N–H and O–H groups in total. The van der Waals surface area contributed by atoms with Gasteiger partial charge in [0.2, 0.25) is 0 Å². The van der Waals surface area contributed by atoms with Crippen molar-refractivity contribution < 1.29 is 4.74 Å². The number of benzene rings is 1.